The second kappa shape index (κ2) is 7.49. The second-order valence-electron chi connectivity index (χ2n) is 6.30. The molecule has 126 valence electrons. The number of piperazine rings is 1. The molecule has 1 saturated heterocycles. The van der Waals surface area contributed by atoms with E-state index in [0.29, 0.717) is 6.42 Å². The number of benzene rings is 2. The van der Waals surface area contributed by atoms with E-state index >= 15 is 0 Å². The quantitative estimate of drug-likeness (QED) is 0.867. The minimum absolute atomic E-state index is 0.121. The fraction of sp³-hybridized carbons (Fsp3) is 0.350. The first kappa shape index (κ1) is 16.5. The Morgan fingerprint density at radius 1 is 1.08 bits per heavy atom. The number of rotatable bonds is 4. The highest BCUT2D eigenvalue weighted by atomic mass is 16.5. The van der Waals surface area contributed by atoms with E-state index in [1.165, 1.54) is 5.56 Å². The van der Waals surface area contributed by atoms with E-state index in [-0.39, 0.29) is 11.9 Å². The van der Waals surface area contributed by atoms with Crippen LogP contribution >= 0.6 is 0 Å². The van der Waals surface area contributed by atoms with E-state index in [1.54, 1.807) is 7.11 Å². The van der Waals surface area contributed by atoms with Crippen molar-refractivity contribution in [3.8, 4) is 5.75 Å². The zero-order chi connectivity index (χ0) is 16.9. The number of likely N-dealkylation sites (N-methyl/N-ethyl adjacent to an activating group) is 1. The van der Waals surface area contributed by atoms with Crippen molar-refractivity contribution < 1.29 is 9.53 Å². The number of carbonyl (C=O) groups is 1. The Morgan fingerprint density at radius 3 is 2.46 bits per heavy atom. The van der Waals surface area contributed by atoms with Crippen LogP contribution in [0.4, 0.5) is 0 Å². The summed E-state index contributed by atoms with van der Waals surface area (Å²) in [6.07, 6.45) is 0.428. The van der Waals surface area contributed by atoms with Gasteiger partial charge < -0.3 is 14.5 Å². The summed E-state index contributed by atoms with van der Waals surface area (Å²) < 4.78 is 5.18. The molecule has 0 aromatic heterocycles. The Labute approximate surface area is 143 Å². The molecule has 0 radical (unpaired) electrons. The lowest BCUT2D eigenvalue weighted by atomic mass is 10.0. The Hall–Kier alpha value is -2.33. The molecule has 0 N–H and O–H groups in total. The topological polar surface area (TPSA) is 32.8 Å². The van der Waals surface area contributed by atoms with Crippen molar-refractivity contribution in [2.45, 2.75) is 12.5 Å². The van der Waals surface area contributed by atoms with Crippen LogP contribution < -0.4 is 4.74 Å². The van der Waals surface area contributed by atoms with Crippen LogP contribution in [0.2, 0.25) is 0 Å². The largest absolute Gasteiger partial charge is 0.497 e. The van der Waals surface area contributed by atoms with Crippen molar-refractivity contribution in [3.63, 3.8) is 0 Å². The van der Waals surface area contributed by atoms with Gasteiger partial charge in [0, 0.05) is 19.6 Å². The van der Waals surface area contributed by atoms with E-state index in [2.05, 4.69) is 24.1 Å². The monoisotopic (exact) mass is 324 g/mol. The van der Waals surface area contributed by atoms with Crippen molar-refractivity contribution in [2.24, 2.45) is 0 Å². The maximum atomic E-state index is 12.9. The number of amides is 1. The molecule has 1 atom stereocenters. The average Bonchev–Trinajstić information content (AvgIpc) is 2.63. The van der Waals surface area contributed by atoms with Crippen molar-refractivity contribution in [3.05, 3.63) is 65.7 Å². The highest BCUT2D eigenvalue weighted by Crippen LogP contribution is 2.25. The van der Waals surface area contributed by atoms with Crippen LogP contribution in [-0.2, 0) is 11.2 Å². The number of carbonyl (C=O) groups excluding carboxylic acids is 1. The van der Waals surface area contributed by atoms with Gasteiger partial charge in [0.1, 0.15) is 5.75 Å². The van der Waals surface area contributed by atoms with Gasteiger partial charge in [-0.1, -0.05) is 42.5 Å². The Bertz CT molecular complexity index is 670. The first-order chi connectivity index (χ1) is 11.7. The lowest BCUT2D eigenvalue weighted by Gasteiger charge is -2.40. The molecule has 1 fully saturated rings. The lowest BCUT2D eigenvalue weighted by Crippen LogP contribution is -2.49. The van der Waals surface area contributed by atoms with Crippen LogP contribution in [-0.4, -0.2) is 49.5 Å². The molecule has 3 rings (SSSR count). The summed E-state index contributed by atoms with van der Waals surface area (Å²) in [6, 6.07) is 18.2. The summed E-state index contributed by atoms with van der Waals surface area (Å²) in [7, 11) is 3.76. The first-order valence-corrected chi connectivity index (χ1v) is 8.33. The third-order valence-corrected chi connectivity index (χ3v) is 4.60. The van der Waals surface area contributed by atoms with Gasteiger partial charge in [-0.2, -0.15) is 0 Å². The van der Waals surface area contributed by atoms with E-state index in [9.17, 15) is 4.79 Å². The summed E-state index contributed by atoms with van der Waals surface area (Å²) in [5.74, 6) is 0.995. The zero-order valence-corrected chi connectivity index (χ0v) is 14.3. The number of ether oxygens (including phenoxy) is 1. The second-order valence-corrected chi connectivity index (χ2v) is 6.30. The third kappa shape index (κ3) is 3.77. The predicted octanol–water partition coefficient (Wildman–Crippen LogP) is 2.75. The van der Waals surface area contributed by atoms with Crippen LogP contribution in [0, 0.1) is 0 Å². The summed E-state index contributed by atoms with van der Waals surface area (Å²) in [6.45, 7) is 2.56. The molecule has 0 aliphatic carbocycles. The normalized spacial score (nSPS) is 18.4. The van der Waals surface area contributed by atoms with Gasteiger partial charge in [-0.05, 0) is 30.3 Å². The van der Waals surface area contributed by atoms with Crippen LogP contribution in [0.25, 0.3) is 0 Å². The minimum atomic E-state index is 0.121. The highest BCUT2D eigenvalue weighted by Gasteiger charge is 2.29. The van der Waals surface area contributed by atoms with Gasteiger partial charge in [0.15, 0.2) is 0 Å². The molecule has 1 aliphatic rings. The Balaban J connectivity index is 1.75. The predicted molar refractivity (Wildman–Crippen MR) is 95.1 cm³/mol. The molecule has 2 aromatic rings. The summed E-state index contributed by atoms with van der Waals surface area (Å²) in [5, 5.41) is 0. The van der Waals surface area contributed by atoms with Crippen LogP contribution in [0.1, 0.15) is 17.2 Å². The van der Waals surface area contributed by atoms with E-state index in [1.807, 2.05) is 47.4 Å². The maximum absolute atomic E-state index is 12.9. The molecule has 0 spiro atoms. The zero-order valence-electron chi connectivity index (χ0n) is 14.3. The number of methoxy groups -OCH3 is 1. The van der Waals surface area contributed by atoms with Gasteiger partial charge in [-0.15, -0.1) is 0 Å². The van der Waals surface area contributed by atoms with Gasteiger partial charge >= 0.3 is 0 Å². The molecule has 4 heteroatoms. The van der Waals surface area contributed by atoms with Crippen molar-refractivity contribution in [1.29, 1.82) is 0 Å². The summed E-state index contributed by atoms with van der Waals surface area (Å²) >= 11 is 0. The van der Waals surface area contributed by atoms with Gasteiger partial charge in [0.25, 0.3) is 0 Å². The van der Waals surface area contributed by atoms with Gasteiger partial charge in [-0.3, -0.25) is 4.79 Å². The van der Waals surface area contributed by atoms with E-state index < -0.39 is 0 Å². The molecular formula is C20H24N2O2. The van der Waals surface area contributed by atoms with Crippen LogP contribution in [0.5, 0.6) is 5.75 Å². The molecule has 1 heterocycles. The first-order valence-electron chi connectivity index (χ1n) is 8.33. The van der Waals surface area contributed by atoms with E-state index in [4.69, 9.17) is 4.74 Å². The standard InChI is InChI=1S/C20H24N2O2/c1-21-12-13-22(19(15-21)17-6-4-3-5-7-17)20(23)14-16-8-10-18(24-2)11-9-16/h3-11,19H,12-15H2,1-2H3/t19-/m1/s1. The molecule has 24 heavy (non-hydrogen) atoms. The van der Waals surface area contributed by atoms with Crippen LogP contribution in [0.15, 0.2) is 54.6 Å². The highest BCUT2D eigenvalue weighted by molar-refractivity contribution is 5.79. The van der Waals surface area contributed by atoms with Crippen LogP contribution in [0.3, 0.4) is 0 Å². The average molecular weight is 324 g/mol. The SMILES string of the molecule is COc1ccc(CC(=O)N2CCN(C)C[C@@H]2c2ccccc2)cc1. The van der Waals surface area contributed by atoms with Gasteiger partial charge in [-0.25, -0.2) is 0 Å². The third-order valence-electron chi connectivity index (χ3n) is 4.60. The molecule has 1 aliphatic heterocycles. The molecule has 0 unspecified atom stereocenters. The smallest absolute Gasteiger partial charge is 0.227 e. The number of hydrogen-bond donors (Lipinski definition) is 0. The van der Waals surface area contributed by atoms with Gasteiger partial charge in [0.05, 0.1) is 19.6 Å². The van der Waals surface area contributed by atoms with Crippen molar-refractivity contribution in [2.75, 3.05) is 33.8 Å². The maximum Gasteiger partial charge on any atom is 0.227 e. The van der Waals surface area contributed by atoms with Crippen molar-refractivity contribution in [1.82, 2.24) is 9.80 Å². The number of hydrogen-bond acceptors (Lipinski definition) is 3. The molecular weight excluding hydrogens is 300 g/mol. The fourth-order valence-electron chi connectivity index (χ4n) is 3.20. The fourth-order valence-corrected chi connectivity index (χ4v) is 3.20. The molecule has 1 amide bonds. The molecule has 0 saturated carbocycles. The minimum Gasteiger partial charge on any atom is -0.497 e. The molecule has 2 aromatic carbocycles. The Morgan fingerprint density at radius 2 is 1.79 bits per heavy atom. The van der Waals surface area contributed by atoms with Crippen molar-refractivity contribution >= 4 is 5.91 Å². The lowest BCUT2D eigenvalue weighted by molar-refractivity contribution is -0.135. The van der Waals surface area contributed by atoms with Gasteiger partial charge in [0.2, 0.25) is 5.91 Å². The molecule has 0 bridgehead atoms. The number of nitrogens with zero attached hydrogens (tertiary/aromatic N) is 2. The summed E-state index contributed by atoms with van der Waals surface area (Å²) in [5.41, 5.74) is 2.22. The summed E-state index contributed by atoms with van der Waals surface area (Å²) in [4.78, 5) is 17.2. The Kier molecular flexibility index (Phi) is 5.16. The van der Waals surface area contributed by atoms with E-state index in [0.717, 1.165) is 30.9 Å². The molecule has 4 nitrogen and oxygen atoms in total.